The third-order valence-corrected chi connectivity index (χ3v) is 4.03. The molecule has 1 aliphatic heterocycles. The van der Waals surface area contributed by atoms with E-state index in [0.29, 0.717) is 5.92 Å². The first-order chi connectivity index (χ1) is 8.65. The summed E-state index contributed by atoms with van der Waals surface area (Å²) in [6, 6.07) is 1.59. The van der Waals surface area contributed by atoms with E-state index < -0.39 is 0 Å². The smallest absolute Gasteiger partial charge is 0.251 e. The lowest BCUT2D eigenvalue weighted by Gasteiger charge is -2.13. The summed E-state index contributed by atoms with van der Waals surface area (Å²) in [5, 5.41) is 0.755. The Morgan fingerprint density at radius 2 is 2.17 bits per heavy atom. The van der Waals surface area contributed by atoms with Crippen molar-refractivity contribution in [2.24, 2.45) is 0 Å². The van der Waals surface area contributed by atoms with Crippen LogP contribution in [0.1, 0.15) is 38.3 Å². The van der Waals surface area contributed by atoms with Gasteiger partial charge in [-0.05, 0) is 31.8 Å². The van der Waals surface area contributed by atoms with Gasteiger partial charge in [0.25, 0.3) is 5.56 Å². The Labute approximate surface area is 112 Å². The van der Waals surface area contributed by atoms with Crippen LogP contribution in [0.25, 0.3) is 0 Å². The van der Waals surface area contributed by atoms with Crippen LogP contribution in [-0.4, -0.2) is 40.3 Å². The van der Waals surface area contributed by atoms with Crippen molar-refractivity contribution >= 4 is 11.8 Å². The molecule has 2 rings (SSSR count). The predicted octanol–water partition coefficient (Wildman–Crippen LogP) is 2.08. The Hall–Kier alpha value is -0.810. The molecule has 1 fully saturated rings. The normalized spacial score (nSPS) is 16.6. The van der Waals surface area contributed by atoms with Gasteiger partial charge < -0.3 is 9.88 Å². The van der Waals surface area contributed by atoms with E-state index in [1.165, 1.54) is 25.9 Å². The minimum absolute atomic E-state index is 0.0441. The van der Waals surface area contributed by atoms with Crippen molar-refractivity contribution in [1.29, 1.82) is 0 Å². The maximum absolute atomic E-state index is 11.5. The molecule has 0 atom stereocenters. The first kappa shape index (κ1) is 13.6. The second kappa shape index (κ2) is 6.38. The first-order valence-electron chi connectivity index (χ1n) is 6.61. The highest BCUT2D eigenvalue weighted by Gasteiger charge is 2.11. The van der Waals surface area contributed by atoms with Crippen LogP contribution in [-0.2, 0) is 0 Å². The molecule has 0 aliphatic carbocycles. The molecule has 0 saturated carbocycles. The minimum atomic E-state index is -0.0441. The van der Waals surface area contributed by atoms with Gasteiger partial charge in [-0.3, -0.25) is 4.79 Å². The fourth-order valence-electron chi connectivity index (χ4n) is 2.10. The van der Waals surface area contributed by atoms with E-state index in [1.54, 1.807) is 17.8 Å². The maximum Gasteiger partial charge on any atom is 0.251 e. The molecule has 1 aliphatic rings. The molecule has 0 spiro atoms. The van der Waals surface area contributed by atoms with Gasteiger partial charge in [0.1, 0.15) is 0 Å². The van der Waals surface area contributed by atoms with Gasteiger partial charge >= 0.3 is 0 Å². The van der Waals surface area contributed by atoms with Gasteiger partial charge in [-0.2, -0.15) is 0 Å². The van der Waals surface area contributed by atoms with Crippen LogP contribution in [0.5, 0.6) is 0 Å². The summed E-state index contributed by atoms with van der Waals surface area (Å²) in [7, 11) is 0. The van der Waals surface area contributed by atoms with Crippen LogP contribution >= 0.6 is 11.8 Å². The van der Waals surface area contributed by atoms with Crippen molar-refractivity contribution in [2.45, 2.75) is 37.8 Å². The summed E-state index contributed by atoms with van der Waals surface area (Å²) in [6.07, 6.45) is 2.64. The molecule has 0 amide bonds. The van der Waals surface area contributed by atoms with Crippen molar-refractivity contribution in [3.05, 3.63) is 22.1 Å². The number of rotatable bonds is 5. The lowest BCUT2D eigenvalue weighted by molar-refractivity contribution is 0.362. The number of aromatic nitrogens is 2. The quantitative estimate of drug-likeness (QED) is 0.655. The van der Waals surface area contributed by atoms with E-state index in [2.05, 4.69) is 28.7 Å². The van der Waals surface area contributed by atoms with Crippen molar-refractivity contribution in [1.82, 2.24) is 14.9 Å². The number of likely N-dealkylation sites (tertiary alicyclic amines) is 1. The van der Waals surface area contributed by atoms with Crippen molar-refractivity contribution in [3.63, 3.8) is 0 Å². The molecular weight excluding hydrogens is 246 g/mol. The molecular formula is C13H21N3OS. The highest BCUT2D eigenvalue weighted by atomic mass is 32.2. The zero-order valence-corrected chi connectivity index (χ0v) is 11.9. The van der Waals surface area contributed by atoms with Crippen molar-refractivity contribution in [2.75, 3.05) is 25.4 Å². The van der Waals surface area contributed by atoms with E-state index in [0.717, 1.165) is 23.1 Å². The molecule has 0 aromatic carbocycles. The Morgan fingerprint density at radius 1 is 1.44 bits per heavy atom. The fraction of sp³-hybridized carbons (Fsp3) is 0.692. The number of aromatic amines is 1. The standard InChI is InChI=1S/C13H21N3OS/c1-10(2)11-9-12(17)15-13(14-11)18-8-7-16-5-3-4-6-16/h9-10H,3-8H2,1-2H3,(H,14,15,17). The summed E-state index contributed by atoms with van der Waals surface area (Å²) in [5.74, 6) is 1.29. The van der Waals surface area contributed by atoms with E-state index >= 15 is 0 Å². The number of thioether (sulfide) groups is 1. The van der Waals surface area contributed by atoms with E-state index in [9.17, 15) is 4.79 Å². The molecule has 1 N–H and O–H groups in total. The number of H-pyrrole nitrogens is 1. The molecule has 1 aromatic heterocycles. The van der Waals surface area contributed by atoms with Crippen LogP contribution in [0.15, 0.2) is 16.0 Å². The Bertz CT molecular complexity index is 438. The second-order valence-electron chi connectivity index (χ2n) is 5.03. The van der Waals surface area contributed by atoms with Gasteiger partial charge in [0.2, 0.25) is 0 Å². The molecule has 18 heavy (non-hydrogen) atoms. The molecule has 0 bridgehead atoms. The highest BCUT2D eigenvalue weighted by Crippen LogP contribution is 2.16. The predicted molar refractivity (Wildman–Crippen MR) is 75.3 cm³/mol. The SMILES string of the molecule is CC(C)c1cc(=O)[nH]c(SCCN2CCCC2)n1. The van der Waals surface area contributed by atoms with Gasteiger partial charge in [0.05, 0.1) is 5.69 Å². The summed E-state index contributed by atoms with van der Waals surface area (Å²) in [5.41, 5.74) is 0.833. The molecule has 0 unspecified atom stereocenters. The van der Waals surface area contributed by atoms with Gasteiger partial charge in [0.15, 0.2) is 5.16 Å². The largest absolute Gasteiger partial charge is 0.303 e. The summed E-state index contributed by atoms with van der Waals surface area (Å²) in [6.45, 7) is 7.63. The molecule has 4 nitrogen and oxygen atoms in total. The zero-order valence-electron chi connectivity index (χ0n) is 11.1. The lowest BCUT2D eigenvalue weighted by atomic mass is 10.1. The topological polar surface area (TPSA) is 49.0 Å². The summed E-state index contributed by atoms with van der Waals surface area (Å²) in [4.78, 5) is 21.3. The van der Waals surface area contributed by atoms with Crippen molar-refractivity contribution < 1.29 is 0 Å². The highest BCUT2D eigenvalue weighted by molar-refractivity contribution is 7.99. The van der Waals surface area contributed by atoms with Crippen LogP contribution in [0.2, 0.25) is 0 Å². The molecule has 1 aromatic rings. The third kappa shape index (κ3) is 3.85. The number of hydrogen-bond acceptors (Lipinski definition) is 4. The average Bonchev–Trinajstić information content (AvgIpc) is 2.81. The maximum atomic E-state index is 11.5. The summed E-state index contributed by atoms with van der Waals surface area (Å²) < 4.78 is 0. The second-order valence-corrected chi connectivity index (χ2v) is 6.11. The fourth-order valence-corrected chi connectivity index (χ4v) is 2.98. The van der Waals surface area contributed by atoms with Crippen LogP contribution < -0.4 is 5.56 Å². The number of hydrogen-bond donors (Lipinski definition) is 1. The lowest BCUT2D eigenvalue weighted by Crippen LogP contribution is -2.22. The minimum Gasteiger partial charge on any atom is -0.303 e. The zero-order chi connectivity index (χ0) is 13.0. The number of nitrogens with one attached hydrogen (secondary N) is 1. The molecule has 2 heterocycles. The van der Waals surface area contributed by atoms with Crippen LogP contribution in [0.3, 0.4) is 0 Å². The first-order valence-corrected chi connectivity index (χ1v) is 7.60. The van der Waals surface area contributed by atoms with E-state index in [1.807, 2.05) is 0 Å². The molecule has 1 saturated heterocycles. The van der Waals surface area contributed by atoms with Gasteiger partial charge in [-0.15, -0.1) is 0 Å². The molecule has 100 valence electrons. The average molecular weight is 267 g/mol. The van der Waals surface area contributed by atoms with Gasteiger partial charge in [-0.1, -0.05) is 25.6 Å². The number of nitrogens with zero attached hydrogens (tertiary/aromatic N) is 2. The molecule has 0 radical (unpaired) electrons. The Morgan fingerprint density at radius 3 is 2.83 bits per heavy atom. The van der Waals surface area contributed by atoms with Crippen LogP contribution in [0, 0.1) is 0 Å². The summed E-state index contributed by atoms with van der Waals surface area (Å²) >= 11 is 1.64. The third-order valence-electron chi connectivity index (χ3n) is 3.18. The monoisotopic (exact) mass is 267 g/mol. The van der Waals surface area contributed by atoms with Gasteiger partial charge in [0, 0.05) is 18.4 Å². The Balaban J connectivity index is 1.90. The van der Waals surface area contributed by atoms with E-state index in [4.69, 9.17) is 0 Å². The van der Waals surface area contributed by atoms with Crippen molar-refractivity contribution in [3.8, 4) is 0 Å². The van der Waals surface area contributed by atoms with Crippen LogP contribution in [0.4, 0.5) is 0 Å². The van der Waals surface area contributed by atoms with E-state index in [-0.39, 0.29) is 5.56 Å². The van der Waals surface area contributed by atoms with Gasteiger partial charge in [-0.25, -0.2) is 4.98 Å². The Kier molecular flexibility index (Phi) is 4.83. The molecule has 5 heteroatoms.